The van der Waals surface area contributed by atoms with E-state index < -0.39 is 0 Å². The maximum Gasteiger partial charge on any atom is 0.164 e. The van der Waals surface area contributed by atoms with Crippen LogP contribution >= 0.6 is 0 Å². The third-order valence-electron chi connectivity index (χ3n) is 11.0. The molecule has 266 valence electrons. The average molecular weight is 731 g/mol. The van der Waals surface area contributed by atoms with Crippen molar-refractivity contribution in [3.05, 3.63) is 182 Å². The van der Waals surface area contributed by atoms with Gasteiger partial charge in [-0.15, -0.1) is 0 Å². The van der Waals surface area contributed by atoms with Gasteiger partial charge in [0.05, 0.1) is 27.6 Å². The number of furan rings is 1. The molecule has 5 aromatic heterocycles. The molecule has 0 amide bonds. The van der Waals surface area contributed by atoms with Crippen LogP contribution in [0.1, 0.15) is 0 Å². The number of nitrogens with zero attached hydrogens (tertiary/aromatic N) is 6. The van der Waals surface area contributed by atoms with E-state index in [0.717, 1.165) is 83.0 Å². The summed E-state index contributed by atoms with van der Waals surface area (Å²) in [5, 5.41) is 5.37. The Morgan fingerprint density at radius 2 is 1.09 bits per heavy atom. The number of fused-ring (bicyclic) bond motifs is 10. The van der Waals surface area contributed by atoms with E-state index in [-0.39, 0.29) is 0 Å². The third kappa shape index (κ3) is 4.79. The van der Waals surface area contributed by atoms with Crippen molar-refractivity contribution in [3.63, 3.8) is 0 Å². The molecule has 0 spiro atoms. The lowest BCUT2D eigenvalue weighted by molar-refractivity contribution is 0.669. The highest BCUT2D eigenvalue weighted by atomic mass is 16.3. The monoisotopic (exact) mass is 730 g/mol. The van der Waals surface area contributed by atoms with Gasteiger partial charge in [-0.2, -0.15) is 0 Å². The molecule has 12 aromatic rings. The second kappa shape index (κ2) is 12.3. The molecule has 0 saturated carbocycles. The lowest BCUT2D eigenvalue weighted by atomic mass is 10.0. The van der Waals surface area contributed by atoms with Crippen LogP contribution < -0.4 is 0 Å². The Morgan fingerprint density at radius 1 is 0.404 bits per heavy atom. The van der Waals surface area contributed by atoms with Crippen molar-refractivity contribution in [2.24, 2.45) is 0 Å². The average Bonchev–Trinajstić information content (AvgIpc) is 3.94. The zero-order valence-electron chi connectivity index (χ0n) is 30.4. The minimum absolute atomic E-state index is 0.581. The fourth-order valence-electron chi connectivity index (χ4n) is 8.56. The number of benzene rings is 7. The van der Waals surface area contributed by atoms with E-state index in [2.05, 4.69) is 106 Å². The Labute approximate surface area is 325 Å². The maximum absolute atomic E-state index is 6.58. The molecule has 0 atom stereocenters. The van der Waals surface area contributed by atoms with E-state index in [1.165, 1.54) is 10.8 Å². The van der Waals surface area contributed by atoms with Gasteiger partial charge in [-0.3, -0.25) is 4.98 Å². The van der Waals surface area contributed by atoms with E-state index in [0.29, 0.717) is 17.5 Å². The van der Waals surface area contributed by atoms with E-state index in [1.54, 1.807) is 0 Å². The second-order valence-electron chi connectivity index (χ2n) is 14.3. The number of rotatable bonds is 5. The summed E-state index contributed by atoms with van der Waals surface area (Å²) in [6.07, 6.45) is 1.88. The van der Waals surface area contributed by atoms with Crippen molar-refractivity contribution in [2.75, 3.05) is 0 Å². The van der Waals surface area contributed by atoms with Gasteiger partial charge < -0.3 is 13.6 Å². The molecule has 0 fully saturated rings. The first kappa shape index (κ1) is 31.5. The summed E-state index contributed by atoms with van der Waals surface area (Å²) in [4.78, 5) is 20.1. The van der Waals surface area contributed by atoms with Crippen LogP contribution in [-0.4, -0.2) is 29.1 Å². The van der Waals surface area contributed by atoms with E-state index in [9.17, 15) is 0 Å². The molecule has 0 aliphatic rings. The van der Waals surface area contributed by atoms with Gasteiger partial charge in [0.1, 0.15) is 11.2 Å². The molecule has 7 nitrogen and oxygen atoms in total. The quantitative estimate of drug-likeness (QED) is 0.176. The standard InChI is InChI=1S/C50H30N6O/c1-4-14-31(15-5-1)48-52-49(32-16-6-2-7-17-32)54-50(53-48)36-21-12-24-43-44(36)38-30-34(25-28-42(38)57-43)56-41-23-13-29-51-46(41)37-26-27-40-45(47(37)56)35-20-10-11-22-39(35)55(40)33-18-8-3-9-19-33/h1-30H. The van der Waals surface area contributed by atoms with Crippen molar-refractivity contribution in [1.82, 2.24) is 29.1 Å². The highest BCUT2D eigenvalue weighted by Gasteiger charge is 2.23. The molecule has 57 heavy (non-hydrogen) atoms. The topological polar surface area (TPSA) is 74.6 Å². The Morgan fingerprint density at radius 3 is 1.86 bits per heavy atom. The summed E-state index contributed by atoms with van der Waals surface area (Å²) in [6, 6.07) is 60.6. The summed E-state index contributed by atoms with van der Waals surface area (Å²) < 4.78 is 11.3. The molecule has 0 radical (unpaired) electrons. The minimum Gasteiger partial charge on any atom is -0.456 e. The molecule has 5 heterocycles. The highest BCUT2D eigenvalue weighted by molar-refractivity contribution is 6.25. The molecule has 0 unspecified atom stereocenters. The van der Waals surface area contributed by atoms with Crippen LogP contribution in [0.15, 0.2) is 187 Å². The molecule has 0 bridgehead atoms. The van der Waals surface area contributed by atoms with Gasteiger partial charge in [0.15, 0.2) is 17.5 Å². The molecule has 0 N–H and O–H groups in total. The van der Waals surface area contributed by atoms with Gasteiger partial charge in [0, 0.05) is 61.2 Å². The first-order valence-electron chi connectivity index (χ1n) is 19.0. The minimum atomic E-state index is 0.581. The van der Waals surface area contributed by atoms with E-state index in [1.807, 2.05) is 85.1 Å². The maximum atomic E-state index is 6.58. The van der Waals surface area contributed by atoms with Crippen LogP contribution in [0.4, 0.5) is 0 Å². The zero-order chi connectivity index (χ0) is 37.5. The summed E-state index contributed by atoms with van der Waals surface area (Å²) >= 11 is 0. The van der Waals surface area contributed by atoms with Crippen LogP contribution in [-0.2, 0) is 0 Å². The fraction of sp³-hybridized carbons (Fsp3) is 0. The van der Waals surface area contributed by atoms with Crippen LogP contribution in [0, 0.1) is 0 Å². The summed E-state index contributed by atoms with van der Waals surface area (Å²) in [7, 11) is 0. The predicted molar refractivity (Wildman–Crippen MR) is 230 cm³/mol. The van der Waals surface area contributed by atoms with Gasteiger partial charge in [-0.1, -0.05) is 109 Å². The lowest BCUT2D eigenvalue weighted by Gasteiger charge is -2.11. The van der Waals surface area contributed by atoms with Crippen LogP contribution in [0.2, 0.25) is 0 Å². The van der Waals surface area contributed by atoms with Gasteiger partial charge >= 0.3 is 0 Å². The number of para-hydroxylation sites is 2. The molecule has 12 rings (SSSR count). The van der Waals surface area contributed by atoms with Crippen molar-refractivity contribution in [2.45, 2.75) is 0 Å². The summed E-state index contributed by atoms with van der Waals surface area (Å²) in [5.41, 5.74) is 11.8. The number of pyridine rings is 1. The van der Waals surface area contributed by atoms with Gasteiger partial charge in [0.25, 0.3) is 0 Å². The molecule has 0 saturated heterocycles. The van der Waals surface area contributed by atoms with Crippen LogP contribution in [0.3, 0.4) is 0 Å². The molecular weight excluding hydrogens is 701 g/mol. The summed E-state index contributed by atoms with van der Waals surface area (Å²) in [5.74, 6) is 1.81. The lowest BCUT2D eigenvalue weighted by Crippen LogP contribution is -2.00. The van der Waals surface area contributed by atoms with E-state index in [4.69, 9.17) is 24.4 Å². The largest absolute Gasteiger partial charge is 0.456 e. The summed E-state index contributed by atoms with van der Waals surface area (Å²) in [6.45, 7) is 0. The first-order chi connectivity index (χ1) is 28.3. The number of aromatic nitrogens is 6. The Bertz CT molecular complexity index is 3460. The Kier molecular flexibility index (Phi) is 6.79. The van der Waals surface area contributed by atoms with E-state index >= 15 is 0 Å². The zero-order valence-corrected chi connectivity index (χ0v) is 30.4. The SMILES string of the molecule is c1ccc(-c2nc(-c3ccccc3)nc(-c3cccc4oc5ccc(-n6c7cccnc7c7ccc8c(c9ccccc9n8-c8ccccc8)c76)cc5c34)n2)cc1. The molecule has 7 aromatic carbocycles. The normalized spacial score (nSPS) is 11.9. The van der Waals surface area contributed by atoms with Crippen molar-refractivity contribution in [3.8, 4) is 45.5 Å². The fourth-order valence-corrected chi connectivity index (χ4v) is 8.56. The first-order valence-corrected chi connectivity index (χ1v) is 19.0. The molecule has 0 aliphatic carbocycles. The molecule has 0 aliphatic heterocycles. The third-order valence-corrected chi connectivity index (χ3v) is 11.0. The van der Waals surface area contributed by atoms with Crippen molar-refractivity contribution < 1.29 is 4.42 Å². The predicted octanol–water partition coefficient (Wildman–Crippen LogP) is 12.4. The van der Waals surface area contributed by atoms with Crippen LogP contribution in [0.25, 0.3) is 111 Å². The van der Waals surface area contributed by atoms with Crippen molar-refractivity contribution in [1.29, 1.82) is 0 Å². The Hall–Kier alpha value is -7.90. The number of hydrogen-bond donors (Lipinski definition) is 0. The second-order valence-corrected chi connectivity index (χ2v) is 14.3. The van der Waals surface area contributed by atoms with Crippen LogP contribution in [0.5, 0.6) is 0 Å². The number of hydrogen-bond acceptors (Lipinski definition) is 5. The van der Waals surface area contributed by atoms with Crippen molar-refractivity contribution >= 4 is 65.7 Å². The van der Waals surface area contributed by atoms with Gasteiger partial charge in [-0.25, -0.2) is 15.0 Å². The highest BCUT2D eigenvalue weighted by Crippen LogP contribution is 2.43. The van der Waals surface area contributed by atoms with Gasteiger partial charge in [0.2, 0.25) is 0 Å². The molecular formula is C50H30N6O. The van der Waals surface area contributed by atoms with Gasteiger partial charge in [-0.05, 0) is 66.7 Å². The smallest absolute Gasteiger partial charge is 0.164 e. The Balaban J connectivity index is 1.14. The molecule has 7 heteroatoms.